The molecule has 0 aromatic rings. The molecule has 0 heterocycles. The summed E-state index contributed by atoms with van der Waals surface area (Å²) in [6.45, 7) is 9.47. The smallest absolute Gasteiger partial charge is 0.0631 e. The normalized spacial score (nSPS) is 27.7. The van der Waals surface area contributed by atoms with Gasteiger partial charge in [0.05, 0.1) is 12.7 Å². The number of rotatable bonds is 7. The molecule has 0 aromatic heterocycles. The first kappa shape index (κ1) is 15.9. The Morgan fingerprint density at radius 1 is 1.28 bits per heavy atom. The fraction of sp³-hybridized carbons (Fsp3) is 1.00. The van der Waals surface area contributed by atoms with Crippen LogP contribution in [0, 0.1) is 11.3 Å². The van der Waals surface area contributed by atoms with Gasteiger partial charge in [-0.25, -0.2) is 0 Å². The van der Waals surface area contributed by atoms with E-state index in [1.165, 1.54) is 19.3 Å². The molecule has 0 saturated heterocycles. The lowest BCUT2D eigenvalue weighted by Gasteiger charge is -2.42. The first-order valence-electron chi connectivity index (χ1n) is 7.52. The Balaban J connectivity index is 2.51. The standard InChI is InChI=1S/C15H31NO2/c1-4-5-9-16(10-11-17)12-13-7-6-8-15(2,3)14(13)18/h13-14,17-18H,4-12H2,1-3H3. The largest absolute Gasteiger partial charge is 0.395 e. The minimum Gasteiger partial charge on any atom is -0.395 e. The number of hydrogen-bond donors (Lipinski definition) is 2. The van der Waals surface area contributed by atoms with Crippen molar-refractivity contribution in [3.8, 4) is 0 Å². The van der Waals surface area contributed by atoms with Gasteiger partial charge in [0.15, 0.2) is 0 Å². The molecule has 0 bridgehead atoms. The fourth-order valence-corrected chi connectivity index (χ4v) is 3.10. The molecule has 0 spiro atoms. The number of aliphatic hydroxyl groups is 2. The molecule has 18 heavy (non-hydrogen) atoms. The second kappa shape index (κ2) is 7.46. The molecule has 1 saturated carbocycles. The van der Waals surface area contributed by atoms with Gasteiger partial charge in [-0.3, -0.25) is 0 Å². The Kier molecular flexibility index (Phi) is 6.61. The van der Waals surface area contributed by atoms with Crippen molar-refractivity contribution in [3.05, 3.63) is 0 Å². The van der Waals surface area contributed by atoms with E-state index in [-0.39, 0.29) is 18.1 Å². The van der Waals surface area contributed by atoms with Crippen LogP contribution in [0.25, 0.3) is 0 Å². The lowest BCUT2D eigenvalue weighted by molar-refractivity contribution is -0.0440. The molecule has 0 aliphatic heterocycles. The van der Waals surface area contributed by atoms with E-state index in [0.29, 0.717) is 5.92 Å². The summed E-state index contributed by atoms with van der Waals surface area (Å²) in [7, 11) is 0. The lowest BCUT2D eigenvalue weighted by atomic mass is 9.69. The van der Waals surface area contributed by atoms with Gasteiger partial charge in [-0.15, -0.1) is 0 Å². The molecule has 0 amide bonds. The molecule has 3 heteroatoms. The van der Waals surface area contributed by atoms with Crippen LogP contribution in [0.1, 0.15) is 52.9 Å². The maximum atomic E-state index is 10.5. The van der Waals surface area contributed by atoms with Crippen molar-refractivity contribution >= 4 is 0 Å². The zero-order valence-electron chi connectivity index (χ0n) is 12.4. The summed E-state index contributed by atoms with van der Waals surface area (Å²) in [6.07, 6.45) is 5.62. The number of unbranched alkanes of at least 4 members (excludes halogenated alkanes) is 1. The van der Waals surface area contributed by atoms with Crippen LogP contribution in [0.5, 0.6) is 0 Å². The summed E-state index contributed by atoms with van der Waals surface area (Å²) in [6, 6.07) is 0. The van der Waals surface area contributed by atoms with Gasteiger partial charge in [-0.1, -0.05) is 33.6 Å². The van der Waals surface area contributed by atoms with Crippen molar-refractivity contribution in [3.63, 3.8) is 0 Å². The minimum atomic E-state index is -0.200. The van der Waals surface area contributed by atoms with Gasteiger partial charge in [0, 0.05) is 13.1 Å². The zero-order valence-corrected chi connectivity index (χ0v) is 12.4. The van der Waals surface area contributed by atoms with Crippen LogP contribution in [0.4, 0.5) is 0 Å². The van der Waals surface area contributed by atoms with Gasteiger partial charge < -0.3 is 15.1 Å². The molecule has 0 radical (unpaired) electrons. The third-order valence-corrected chi connectivity index (χ3v) is 4.38. The van der Waals surface area contributed by atoms with E-state index in [9.17, 15) is 5.11 Å². The van der Waals surface area contributed by atoms with Gasteiger partial charge in [0.25, 0.3) is 0 Å². The Morgan fingerprint density at radius 2 is 2.00 bits per heavy atom. The van der Waals surface area contributed by atoms with E-state index >= 15 is 0 Å². The quantitative estimate of drug-likeness (QED) is 0.735. The highest BCUT2D eigenvalue weighted by Crippen LogP contribution is 2.39. The van der Waals surface area contributed by atoms with Gasteiger partial charge in [0.2, 0.25) is 0 Å². The molecule has 2 unspecified atom stereocenters. The molecular weight excluding hydrogens is 226 g/mol. The average Bonchev–Trinajstić information content (AvgIpc) is 2.32. The predicted octanol–water partition coefficient (Wildman–Crippen LogP) is 2.27. The highest BCUT2D eigenvalue weighted by atomic mass is 16.3. The Hall–Kier alpha value is -0.120. The third kappa shape index (κ3) is 4.52. The molecule has 2 atom stereocenters. The SMILES string of the molecule is CCCCN(CCO)CC1CCCC(C)(C)C1O. The minimum absolute atomic E-state index is 0.0541. The fourth-order valence-electron chi connectivity index (χ4n) is 3.10. The first-order valence-corrected chi connectivity index (χ1v) is 7.52. The van der Waals surface area contributed by atoms with Gasteiger partial charge in [-0.2, -0.15) is 0 Å². The molecule has 1 aliphatic rings. The Labute approximate surface area is 112 Å². The van der Waals surface area contributed by atoms with Crippen molar-refractivity contribution in [2.24, 2.45) is 11.3 Å². The summed E-state index contributed by atoms with van der Waals surface area (Å²) in [5, 5.41) is 19.6. The third-order valence-electron chi connectivity index (χ3n) is 4.38. The van der Waals surface area contributed by atoms with Crippen molar-refractivity contribution in [1.29, 1.82) is 0 Å². The van der Waals surface area contributed by atoms with Crippen molar-refractivity contribution < 1.29 is 10.2 Å². The van der Waals surface area contributed by atoms with E-state index in [1.54, 1.807) is 0 Å². The summed E-state index contributed by atoms with van der Waals surface area (Å²) in [5.41, 5.74) is 0.0541. The Bertz CT molecular complexity index is 231. The molecule has 1 fully saturated rings. The van der Waals surface area contributed by atoms with Crippen LogP contribution in [0.2, 0.25) is 0 Å². The van der Waals surface area contributed by atoms with Crippen LogP contribution in [-0.2, 0) is 0 Å². The average molecular weight is 257 g/mol. The van der Waals surface area contributed by atoms with E-state index in [1.807, 2.05) is 0 Å². The number of aliphatic hydroxyl groups excluding tert-OH is 2. The van der Waals surface area contributed by atoms with Crippen LogP contribution < -0.4 is 0 Å². The van der Waals surface area contributed by atoms with Crippen LogP contribution in [0.15, 0.2) is 0 Å². The molecule has 1 aliphatic carbocycles. The summed E-state index contributed by atoms with van der Waals surface area (Å²) < 4.78 is 0. The highest BCUT2D eigenvalue weighted by molar-refractivity contribution is 4.89. The maximum absolute atomic E-state index is 10.5. The first-order chi connectivity index (χ1) is 8.51. The molecule has 2 N–H and O–H groups in total. The molecular formula is C15H31NO2. The van der Waals surface area contributed by atoms with E-state index in [4.69, 9.17) is 5.11 Å². The summed E-state index contributed by atoms with van der Waals surface area (Å²) in [4.78, 5) is 2.32. The topological polar surface area (TPSA) is 43.7 Å². The van der Waals surface area contributed by atoms with Gasteiger partial charge in [0.1, 0.15) is 0 Å². The molecule has 0 aromatic carbocycles. The van der Waals surface area contributed by atoms with Crippen LogP contribution in [-0.4, -0.2) is 47.5 Å². The van der Waals surface area contributed by atoms with E-state index < -0.39 is 0 Å². The molecule has 108 valence electrons. The second-order valence-corrected chi connectivity index (χ2v) is 6.46. The summed E-state index contributed by atoms with van der Waals surface area (Å²) >= 11 is 0. The summed E-state index contributed by atoms with van der Waals surface area (Å²) in [5.74, 6) is 0.372. The van der Waals surface area contributed by atoms with E-state index in [0.717, 1.165) is 32.5 Å². The van der Waals surface area contributed by atoms with Crippen LogP contribution in [0.3, 0.4) is 0 Å². The van der Waals surface area contributed by atoms with Crippen molar-refractivity contribution in [2.75, 3.05) is 26.2 Å². The molecule has 3 nitrogen and oxygen atoms in total. The van der Waals surface area contributed by atoms with E-state index in [2.05, 4.69) is 25.7 Å². The lowest BCUT2D eigenvalue weighted by Crippen LogP contribution is -2.45. The number of nitrogens with zero attached hydrogens (tertiary/aromatic N) is 1. The second-order valence-electron chi connectivity index (χ2n) is 6.46. The number of hydrogen-bond acceptors (Lipinski definition) is 3. The molecule has 1 rings (SSSR count). The predicted molar refractivity (Wildman–Crippen MR) is 75.6 cm³/mol. The van der Waals surface area contributed by atoms with Gasteiger partial charge in [-0.05, 0) is 37.1 Å². The van der Waals surface area contributed by atoms with Crippen LogP contribution >= 0.6 is 0 Å². The highest BCUT2D eigenvalue weighted by Gasteiger charge is 2.38. The zero-order chi connectivity index (χ0) is 13.6. The van der Waals surface area contributed by atoms with Crippen molar-refractivity contribution in [2.45, 2.75) is 59.0 Å². The Morgan fingerprint density at radius 3 is 2.61 bits per heavy atom. The van der Waals surface area contributed by atoms with Crippen molar-refractivity contribution in [1.82, 2.24) is 4.90 Å². The monoisotopic (exact) mass is 257 g/mol. The maximum Gasteiger partial charge on any atom is 0.0631 e. The van der Waals surface area contributed by atoms with Gasteiger partial charge >= 0.3 is 0 Å².